The summed E-state index contributed by atoms with van der Waals surface area (Å²) in [4.78, 5) is 23.8. The van der Waals surface area contributed by atoms with Crippen molar-refractivity contribution in [3.8, 4) is 6.01 Å². The van der Waals surface area contributed by atoms with Crippen LogP contribution in [0.4, 0.5) is 0 Å². The molecule has 0 spiro atoms. The first-order chi connectivity index (χ1) is 12.2. The van der Waals surface area contributed by atoms with Crippen molar-refractivity contribution in [2.24, 2.45) is 23.2 Å². The van der Waals surface area contributed by atoms with Crippen molar-refractivity contribution in [3.05, 3.63) is 18.5 Å². The number of aromatic nitrogens is 2. The van der Waals surface area contributed by atoms with Gasteiger partial charge in [-0.25, -0.2) is 9.97 Å². The van der Waals surface area contributed by atoms with E-state index < -0.39 is 0 Å². The fourth-order valence-corrected chi connectivity index (χ4v) is 6.38. The van der Waals surface area contributed by atoms with Gasteiger partial charge in [0.05, 0.1) is 5.41 Å². The Hall–Kier alpha value is -1.65. The summed E-state index contributed by atoms with van der Waals surface area (Å²) in [5.74, 6) is 2.94. The molecule has 4 aliphatic carbocycles. The molecular formula is C20H27N3O2. The molecule has 4 bridgehead atoms. The molecule has 5 fully saturated rings. The molecule has 5 aliphatic rings. The second kappa shape index (κ2) is 5.96. The Balaban J connectivity index is 1.22. The molecule has 1 aromatic heterocycles. The zero-order chi connectivity index (χ0) is 16.9. The van der Waals surface area contributed by atoms with Crippen LogP contribution in [-0.2, 0) is 4.79 Å². The maximum absolute atomic E-state index is 13.4. The SMILES string of the molecule is O=C(N1CCC(Oc2ncccn2)CC1)C12CC3CC(CC(C3)C1)C2. The Labute approximate surface area is 149 Å². The van der Waals surface area contributed by atoms with Crippen LogP contribution in [0.1, 0.15) is 51.4 Å². The summed E-state index contributed by atoms with van der Waals surface area (Å²) in [6.45, 7) is 1.64. The van der Waals surface area contributed by atoms with Gasteiger partial charge in [0.2, 0.25) is 5.91 Å². The summed E-state index contributed by atoms with van der Waals surface area (Å²) in [6, 6.07) is 2.24. The fraction of sp³-hybridized carbons (Fsp3) is 0.750. The van der Waals surface area contributed by atoms with Gasteiger partial charge in [-0.15, -0.1) is 0 Å². The summed E-state index contributed by atoms with van der Waals surface area (Å²) < 4.78 is 5.87. The third-order valence-electron chi connectivity index (χ3n) is 7.04. The van der Waals surface area contributed by atoms with Crippen molar-refractivity contribution >= 4 is 5.91 Å². The van der Waals surface area contributed by atoms with Crippen LogP contribution >= 0.6 is 0 Å². The molecule has 1 amide bonds. The molecule has 0 unspecified atom stereocenters. The van der Waals surface area contributed by atoms with Crippen LogP contribution < -0.4 is 4.74 Å². The highest BCUT2D eigenvalue weighted by Gasteiger charge is 2.55. The molecule has 2 heterocycles. The van der Waals surface area contributed by atoms with E-state index in [-0.39, 0.29) is 11.5 Å². The standard InChI is InChI=1S/C20H27N3O2/c24-18(20-11-14-8-15(12-20)10-16(9-14)13-20)23-6-2-17(3-7-23)25-19-21-4-1-5-22-19/h1,4-5,14-17H,2-3,6-13H2. The molecule has 134 valence electrons. The lowest BCUT2D eigenvalue weighted by molar-refractivity contribution is -0.159. The molecule has 1 aromatic rings. The number of hydrogen-bond acceptors (Lipinski definition) is 4. The van der Waals surface area contributed by atoms with Gasteiger partial charge in [-0.05, 0) is 62.3 Å². The van der Waals surface area contributed by atoms with Crippen LogP contribution in [0.2, 0.25) is 0 Å². The Morgan fingerprint density at radius 2 is 1.56 bits per heavy atom. The van der Waals surface area contributed by atoms with Crippen molar-refractivity contribution in [3.63, 3.8) is 0 Å². The molecule has 6 rings (SSSR count). The Kier molecular flexibility index (Phi) is 3.72. The van der Waals surface area contributed by atoms with E-state index >= 15 is 0 Å². The number of amides is 1. The first-order valence-electron chi connectivity index (χ1n) is 9.93. The van der Waals surface area contributed by atoms with E-state index in [1.165, 1.54) is 19.3 Å². The third-order valence-corrected chi connectivity index (χ3v) is 7.04. The highest BCUT2D eigenvalue weighted by Crippen LogP contribution is 2.60. The van der Waals surface area contributed by atoms with Crippen LogP contribution in [0.3, 0.4) is 0 Å². The third kappa shape index (κ3) is 2.81. The lowest BCUT2D eigenvalue weighted by Gasteiger charge is -2.57. The van der Waals surface area contributed by atoms with E-state index in [0.29, 0.717) is 11.9 Å². The predicted octanol–water partition coefficient (Wildman–Crippen LogP) is 3.06. The van der Waals surface area contributed by atoms with Gasteiger partial charge in [-0.3, -0.25) is 4.79 Å². The van der Waals surface area contributed by atoms with Crippen LogP contribution in [0, 0.1) is 23.2 Å². The summed E-state index contributed by atoms with van der Waals surface area (Å²) in [6.07, 6.45) is 12.9. The summed E-state index contributed by atoms with van der Waals surface area (Å²) in [7, 11) is 0. The number of likely N-dealkylation sites (tertiary alicyclic amines) is 1. The number of piperidine rings is 1. The van der Waals surface area contributed by atoms with Crippen LogP contribution in [0.5, 0.6) is 6.01 Å². The lowest BCUT2D eigenvalue weighted by Crippen LogP contribution is -2.56. The zero-order valence-electron chi connectivity index (χ0n) is 14.8. The van der Waals surface area contributed by atoms with Gasteiger partial charge < -0.3 is 9.64 Å². The first-order valence-corrected chi connectivity index (χ1v) is 9.93. The van der Waals surface area contributed by atoms with E-state index in [1.807, 2.05) is 0 Å². The number of rotatable bonds is 3. The zero-order valence-corrected chi connectivity index (χ0v) is 14.8. The van der Waals surface area contributed by atoms with E-state index in [1.54, 1.807) is 18.5 Å². The lowest BCUT2D eigenvalue weighted by atomic mass is 9.49. The molecule has 5 nitrogen and oxygen atoms in total. The molecule has 1 aliphatic heterocycles. The van der Waals surface area contributed by atoms with Gasteiger partial charge >= 0.3 is 6.01 Å². The van der Waals surface area contributed by atoms with Crippen molar-refractivity contribution in [2.45, 2.75) is 57.5 Å². The highest BCUT2D eigenvalue weighted by atomic mass is 16.5. The average molecular weight is 341 g/mol. The molecule has 4 saturated carbocycles. The number of ether oxygens (including phenoxy) is 1. The Morgan fingerprint density at radius 3 is 2.12 bits per heavy atom. The van der Waals surface area contributed by atoms with Crippen molar-refractivity contribution in [2.75, 3.05) is 13.1 Å². The van der Waals surface area contributed by atoms with Crippen LogP contribution in [-0.4, -0.2) is 40.0 Å². The highest BCUT2D eigenvalue weighted by molar-refractivity contribution is 5.83. The average Bonchev–Trinajstić information content (AvgIpc) is 2.61. The Bertz CT molecular complexity index is 604. The van der Waals surface area contributed by atoms with E-state index in [4.69, 9.17) is 4.74 Å². The summed E-state index contributed by atoms with van der Waals surface area (Å²) >= 11 is 0. The number of carbonyl (C=O) groups excluding carboxylic acids is 1. The predicted molar refractivity (Wildman–Crippen MR) is 92.9 cm³/mol. The van der Waals surface area contributed by atoms with Gasteiger partial charge in [0.1, 0.15) is 6.10 Å². The van der Waals surface area contributed by atoms with Gasteiger partial charge in [-0.2, -0.15) is 0 Å². The molecule has 0 aromatic carbocycles. The second-order valence-corrected chi connectivity index (χ2v) is 8.84. The number of nitrogens with zero attached hydrogens (tertiary/aromatic N) is 3. The summed E-state index contributed by atoms with van der Waals surface area (Å²) in [5, 5.41) is 0. The minimum atomic E-state index is -0.00894. The van der Waals surface area contributed by atoms with E-state index in [0.717, 1.165) is 62.9 Å². The first kappa shape index (κ1) is 15.6. The maximum atomic E-state index is 13.4. The number of carbonyl (C=O) groups is 1. The molecular weight excluding hydrogens is 314 g/mol. The quantitative estimate of drug-likeness (QED) is 0.848. The molecule has 0 atom stereocenters. The maximum Gasteiger partial charge on any atom is 0.316 e. The van der Waals surface area contributed by atoms with Gasteiger partial charge in [-0.1, -0.05) is 0 Å². The van der Waals surface area contributed by atoms with Crippen molar-refractivity contribution in [1.29, 1.82) is 0 Å². The van der Waals surface area contributed by atoms with Crippen molar-refractivity contribution in [1.82, 2.24) is 14.9 Å². The molecule has 5 heteroatoms. The molecule has 0 radical (unpaired) electrons. The smallest absolute Gasteiger partial charge is 0.316 e. The van der Waals surface area contributed by atoms with E-state index in [9.17, 15) is 4.79 Å². The topological polar surface area (TPSA) is 55.3 Å². The van der Waals surface area contributed by atoms with Crippen LogP contribution in [0.25, 0.3) is 0 Å². The molecule has 1 saturated heterocycles. The second-order valence-electron chi connectivity index (χ2n) is 8.84. The monoisotopic (exact) mass is 341 g/mol. The molecule has 0 N–H and O–H groups in total. The largest absolute Gasteiger partial charge is 0.460 e. The minimum absolute atomic E-state index is 0.00894. The van der Waals surface area contributed by atoms with Crippen LogP contribution in [0.15, 0.2) is 18.5 Å². The van der Waals surface area contributed by atoms with E-state index in [2.05, 4.69) is 14.9 Å². The van der Waals surface area contributed by atoms with Gasteiger partial charge in [0.25, 0.3) is 0 Å². The van der Waals surface area contributed by atoms with Crippen molar-refractivity contribution < 1.29 is 9.53 Å². The minimum Gasteiger partial charge on any atom is -0.460 e. The van der Waals surface area contributed by atoms with Gasteiger partial charge in [0.15, 0.2) is 0 Å². The number of hydrogen-bond donors (Lipinski definition) is 0. The van der Waals surface area contributed by atoms with Gasteiger partial charge in [0, 0.05) is 38.3 Å². The Morgan fingerprint density at radius 1 is 1.00 bits per heavy atom. The molecule has 25 heavy (non-hydrogen) atoms. The normalized spacial score (nSPS) is 37.3. The fourth-order valence-electron chi connectivity index (χ4n) is 6.38. The summed E-state index contributed by atoms with van der Waals surface area (Å²) in [5.41, 5.74) is -0.00894.